The summed E-state index contributed by atoms with van der Waals surface area (Å²) < 4.78 is 43.3. The molecule has 0 atom stereocenters. The largest absolute Gasteiger partial charge is 0.389 e. The monoisotopic (exact) mass is 419 g/mol. The van der Waals surface area contributed by atoms with E-state index in [1.165, 1.54) is 0 Å². The summed E-state index contributed by atoms with van der Waals surface area (Å²) in [5.41, 5.74) is 0.292. The van der Waals surface area contributed by atoms with Crippen LogP contribution in [0.2, 0.25) is 0 Å². The molecule has 1 aliphatic rings. The van der Waals surface area contributed by atoms with Gasteiger partial charge in [0.1, 0.15) is 17.0 Å². The van der Waals surface area contributed by atoms with Crippen LogP contribution in [0.5, 0.6) is 0 Å². The number of H-pyrrole nitrogens is 1. The minimum Gasteiger partial charge on any atom is -0.381 e. The molecule has 0 radical (unpaired) electrons. The van der Waals surface area contributed by atoms with Crippen LogP contribution in [0.1, 0.15) is 25.7 Å². The number of ketones is 1. The van der Waals surface area contributed by atoms with E-state index in [-0.39, 0.29) is 26.1 Å². The van der Waals surface area contributed by atoms with Crippen LogP contribution in [0.3, 0.4) is 0 Å². The molecule has 4 heterocycles. The Bertz CT molecular complexity index is 1040. The highest BCUT2D eigenvalue weighted by molar-refractivity contribution is 5.92. The smallest absolute Gasteiger partial charge is 0.381 e. The molecule has 2 N–H and O–H groups in total. The number of hydrogen-bond donors (Lipinski definition) is 2. The zero-order valence-corrected chi connectivity index (χ0v) is 16.0. The summed E-state index contributed by atoms with van der Waals surface area (Å²) in [6.07, 6.45) is -0.588. The molecule has 0 aliphatic carbocycles. The first-order chi connectivity index (χ1) is 14.4. The maximum atomic E-state index is 12.8. The first-order valence-electron chi connectivity index (χ1n) is 9.58. The first kappa shape index (κ1) is 20.3. The van der Waals surface area contributed by atoms with Crippen molar-refractivity contribution in [2.45, 2.75) is 37.4 Å². The van der Waals surface area contributed by atoms with Crippen molar-refractivity contribution < 1.29 is 22.7 Å². The van der Waals surface area contributed by atoms with Gasteiger partial charge in [-0.05, 0) is 18.2 Å². The fourth-order valence-corrected chi connectivity index (χ4v) is 3.63. The van der Waals surface area contributed by atoms with Crippen molar-refractivity contribution in [1.82, 2.24) is 19.9 Å². The summed E-state index contributed by atoms with van der Waals surface area (Å²) in [6.45, 7) is 0.577. The average molecular weight is 419 g/mol. The van der Waals surface area contributed by atoms with E-state index in [1.807, 2.05) is 6.07 Å². The number of rotatable bonds is 6. The predicted molar refractivity (Wildman–Crippen MR) is 104 cm³/mol. The Labute approximate surface area is 170 Å². The van der Waals surface area contributed by atoms with Gasteiger partial charge in [-0.2, -0.15) is 13.2 Å². The molecule has 0 aromatic carbocycles. The summed E-state index contributed by atoms with van der Waals surface area (Å²) in [5.74, 6) is 0.310. The van der Waals surface area contributed by atoms with E-state index < -0.39 is 30.3 Å². The van der Waals surface area contributed by atoms with Crippen LogP contribution in [-0.2, 0) is 9.53 Å². The van der Waals surface area contributed by atoms with Crippen LogP contribution in [-0.4, -0.2) is 50.6 Å². The molecule has 10 heteroatoms. The minimum atomic E-state index is -4.38. The highest BCUT2D eigenvalue weighted by Crippen LogP contribution is 2.32. The summed E-state index contributed by atoms with van der Waals surface area (Å²) >= 11 is 0. The van der Waals surface area contributed by atoms with E-state index in [1.54, 1.807) is 30.7 Å². The number of nitrogens with zero attached hydrogens (tertiary/aromatic N) is 3. The van der Waals surface area contributed by atoms with Gasteiger partial charge >= 0.3 is 6.18 Å². The Morgan fingerprint density at radius 1 is 1.20 bits per heavy atom. The summed E-state index contributed by atoms with van der Waals surface area (Å²) in [7, 11) is 0. The van der Waals surface area contributed by atoms with Crippen LogP contribution in [0.15, 0.2) is 36.8 Å². The molecular formula is C20H20F3N5O2. The summed E-state index contributed by atoms with van der Waals surface area (Å²) in [4.78, 5) is 28.9. The highest BCUT2D eigenvalue weighted by Gasteiger charge is 2.41. The van der Waals surface area contributed by atoms with Crippen molar-refractivity contribution >= 4 is 22.6 Å². The van der Waals surface area contributed by atoms with Gasteiger partial charge < -0.3 is 15.0 Å². The second kappa shape index (κ2) is 8.02. The van der Waals surface area contributed by atoms with E-state index in [9.17, 15) is 18.0 Å². The standard InChI is InChI=1S/C20H20F3N5O2/c21-20(22,23)5-3-15(29)19(6-10-30-11-7-19)28-16-4-9-25-18(27-16)14-12-26-17-13(14)2-1-8-24-17/h1-2,4,8-9,12H,3,5-7,10-11H2,(H,24,26)(H,25,27,28). The van der Waals surface area contributed by atoms with E-state index in [4.69, 9.17) is 4.74 Å². The van der Waals surface area contributed by atoms with Crippen molar-refractivity contribution in [3.63, 3.8) is 0 Å². The van der Waals surface area contributed by atoms with E-state index in [2.05, 4.69) is 25.3 Å². The molecule has 7 nitrogen and oxygen atoms in total. The SMILES string of the molecule is O=C(CCC(F)(F)F)C1(Nc2ccnc(-c3c[nH]c4ncccc34)n2)CCOCC1. The van der Waals surface area contributed by atoms with Crippen LogP contribution >= 0.6 is 0 Å². The molecule has 0 saturated carbocycles. The Kier molecular flexibility index (Phi) is 5.42. The number of carbonyl (C=O) groups is 1. The number of alkyl halides is 3. The van der Waals surface area contributed by atoms with Gasteiger partial charge in [-0.25, -0.2) is 15.0 Å². The van der Waals surface area contributed by atoms with Gasteiger partial charge in [-0.1, -0.05) is 0 Å². The molecule has 158 valence electrons. The van der Waals surface area contributed by atoms with Gasteiger partial charge in [0.25, 0.3) is 0 Å². The number of anilines is 1. The fraction of sp³-hybridized carbons (Fsp3) is 0.400. The lowest BCUT2D eigenvalue weighted by atomic mass is 9.83. The topological polar surface area (TPSA) is 92.8 Å². The first-order valence-corrected chi connectivity index (χ1v) is 9.58. The predicted octanol–water partition coefficient (Wildman–Crippen LogP) is 3.89. The number of aromatic nitrogens is 4. The number of Topliss-reactive ketones (excluding diaryl/α,β-unsaturated/α-hetero) is 1. The quantitative estimate of drug-likeness (QED) is 0.630. The molecule has 0 bridgehead atoms. The molecule has 3 aromatic rings. The normalized spacial score (nSPS) is 16.5. The Morgan fingerprint density at radius 2 is 2.00 bits per heavy atom. The zero-order chi connectivity index (χ0) is 21.2. The van der Waals surface area contributed by atoms with Gasteiger partial charge in [-0.3, -0.25) is 4.79 Å². The summed E-state index contributed by atoms with van der Waals surface area (Å²) in [5, 5.41) is 3.95. The lowest BCUT2D eigenvalue weighted by Crippen LogP contribution is -2.51. The van der Waals surface area contributed by atoms with Crippen molar-refractivity contribution in [3.05, 3.63) is 36.8 Å². The second-order valence-corrected chi connectivity index (χ2v) is 7.23. The molecule has 1 fully saturated rings. The van der Waals surface area contributed by atoms with Crippen LogP contribution < -0.4 is 5.32 Å². The van der Waals surface area contributed by atoms with Crippen LogP contribution in [0.25, 0.3) is 22.4 Å². The number of carbonyl (C=O) groups excluding carboxylic acids is 1. The number of halogens is 3. The molecular weight excluding hydrogens is 399 g/mol. The average Bonchev–Trinajstić information content (AvgIpc) is 3.16. The number of hydrogen-bond acceptors (Lipinski definition) is 6. The number of ether oxygens (including phenoxy) is 1. The highest BCUT2D eigenvalue weighted by atomic mass is 19.4. The molecule has 0 spiro atoms. The second-order valence-electron chi connectivity index (χ2n) is 7.23. The number of pyridine rings is 1. The molecule has 3 aromatic heterocycles. The summed E-state index contributed by atoms with van der Waals surface area (Å²) in [6, 6.07) is 5.29. The minimum absolute atomic E-state index is 0.278. The van der Waals surface area contributed by atoms with Gasteiger partial charge in [0.15, 0.2) is 11.6 Å². The molecule has 0 unspecified atom stereocenters. The number of fused-ring (bicyclic) bond motifs is 1. The van der Waals surface area contributed by atoms with E-state index >= 15 is 0 Å². The van der Waals surface area contributed by atoms with Crippen LogP contribution in [0, 0.1) is 0 Å². The number of nitrogens with one attached hydrogen (secondary N) is 2. The lowest BCUT2D eigenvalue weighted by molar-refractivity contribution is -0.146. The van der Waals surface area contributed by atoms with Crippen molar-refractivity contribution in [3.8, 4) is 11.4 Å². The van der Waals surface area contributed by atoms with Crippen molar-refractivity contribution in [2.24, 2.45) is 0 Å². The zero-order valence-electron chi connectivity index (χ0n) is 16.0. The van der Waals surface area contributed by atoms with Gasteiger partial charge in [0.05, 0.1) is 6.42 Å². The third-order valence-corrected chi connectivity index (χ3v) is 5.23. The molecule has 0 amide bonds. The van der Waals surface area contributed by atoms with Crippen molar-refractivity contribution in [1.29, 1.82) is 0 Å². The molecule has 4 rings (SSSR count). The Balaban J connectivity index is 1.61. The Morgan fingerprint density at radius 3 is 2.77 bits per heavy atom. The van der Waals surface area contributed by atoms with E-state index in [0.29, 0.717) is 17.3 Å². The molecule has 1 aliphatic heterocycles. The van der Waals surface area contributed by atoms with Crippen molar-refractivity contribution in [2.75, 3.05) is 18.5 Å². The lowest BCUT2D eigenvalue weighted by Gasteiger charge is -2.37. The fourth-order valence-electron chi connectivity index (χ4n) is 3.63. The van der Waals surface area contributed by atoms with E-state index in [0.717, 1.165) is 10.9 Å². The molecule has 30 heavy (non-hydrogen) atoms. The van der Waals surface area contributed by atoms with Crippen LogP contribution in [0.4, 0.5) is 19.0 Å². The maximum absolute atomic E-state index is 12.8. The third kappa shape index (κ3) is 4.28. The van der Waals surface area contributed by atoms with Gasteiger partial charge in [-0.15, -0.1) is 0 Å². The third-order valence-electron chi connectivity index (χ3n) is 5.23. The molecule has 1 saturated heterocycles. The van der Waals surface area contributed by atoms with Gasteiger partial charge in [0, 0.05) is 62.0 Å². The van der Waals surface area contributed by atoms with Gasteiger partial charge in [0.2, 0.25) is 0 Å². The Hall–Kier alpha value is -3.01. The number of aromatic amines is 1. The maximum Gasteiger partial charge on any atom is 0.389 e.